The average molecular weight is 1800 g/mol. The summed E-state index contributed by atoms with van der Waals surface area (Å²) in [5, 5.41) is 3.46. The van der Waals surface area contributed by atoms with Crippen molar-refractivity contribution in [3.8, 4) is 139 Å². The molecule has 2 aliphatic heterocycles. The van der Waals surface area contributed by atoms with Gasteiger partial charge in [0.2, 0.25) is 0 Å². The molecule has 0 atom stereocenters. The Labute approximate surface area is 824 Å². The normalized spacial score (nSPS) is 13.1. The molecule has 0 bridgehead atoms. The zero-order chi connectivity index (χ0) is 98.8. The third-order valence-corrected chi connectivity index (χ3v) is 28.8. The maximum Gasteiger partial charge on any atom is 0.252 e. The van der Waals surface area contributed by atoms with Gasteiger partial charge in [0.1, 0.15) is 22.3 Å². The first-order valence-corrected chi connectivity index (χ1v) is 48.3. The van der Waals surface area contributed by atoms with Gasteiger partial charge in [0.25, 0.3) is 6.71 Å². The van der Waals surface area contributed by atoms with Gasteiger partial charge in [0, 0.05) is 77.6 Å². The maximum absolute atomic E-state index is 10.7. The molecule has 3 aromatic heterocycles. The van der Waals surface area contributed by atoms with Gasteiger partial charge in [-0.3, -0.25) is 0 Å². The first-order chi connectivity index (χ1) is 71.2. The number of furan rings is 2. The summed E-state index contributed by atoms with van der Waals surface area (Å²) in [6.07, 6.45) is 0. The summed E-state index contributed by atoms with van der Waals surface area (Å²) >= 11 is 0. The van der Waals surface area contributed by atoms with Gasteiger partial charge < -0.3 is 23.2 Å². The largest absolute Gasteiger partial charge is 0.456 e. The summed E-state index contributed by atoms with van der Waals surface area (Å²) < 4.78 is 76.6. The Kier molecular flexibility index (Phi) is 18.3. The monoisotopic (exact) mass is 1800 g/mol. The molecule has 21 aromatic carbocycles. The van der Waals surface area contributed by atoms with E-state index >= 15 is 0 Å². The lowest BCUT2D eigenvalue weighted by molar-refractivity contribution is 0.590. The Hall–Kier alpha value is -17.3. The van der Waals surface area contributed by atoms with Crippen LogP contribution in [0.3, 0.4) is 0 Å². The van der Waals surface area contributed by atoms with Crippen molar-refractivity contribution in [3.05, 3.63) is 484 Å². The molecule has 0 N–H and O–H groups in total. The molecule has 0 saturated carbocycles. The molecule has 24 aromatic rings. The molecule has 6 heteroatoms. The summed E-state index contributed by atoms with van der Waals surface area (Å²) in [5.41, 5.74) is 37.6. The van der Waals surface area contributed by atoms with Crippen LogP contribution in [0.4, 0.5) is 34.1 Å². The van der Waals surface area contributed by atoms with E-state index in [1.54, 1.807) is 0 Å². The van der Waals surface area contributed by atoms with Gasteiger partial charge in [-0.15, -0.1) is 0 Å². The fraction of sp³-hybridized carbons (Fsp3) is 0.0597. The van der Waals surface area contributed by atoms with Crippen LogP contribution in [0.25, 0.3) is 205 Å². The number of rotatable bonds is 15. The number of benzene rings is 21. The van der Waals surface area contributed by atoms with Crippen LogP contribution in [0.5, 0.6) is 0 Å². The van der Waals surface area contributed by atoms with Crippen molar-refractivity contribution in [2.75, 3.05) is 9.80 Å². The van der Waals surface area contributed by atoms with E-state index in [0.717, 1.165) is 217 Å². The highest BCUT2D eigenvalue weighted by Gasteiger charge is 2.47. The van der Waals surface area contributed by atoms with Gasteiger partial charge in [-0.05, 0) is 289 Å². The van der Waals surface area contributed by atoms with Gasteiger partial charge in [0.05, 0.1) is 36.0 Å². The van der Waals surface area contributed by atoms with Crippen LogP contribution in [0.1, 0.15) is 60.9 Å². The zero-order valence-corrected chi connectivity index (χ0v) is 78.3. The predicted octanol–water partition coefficient (Wildman–Crippen LogP) is 35.3. The summed E-state index contributed by atoms with van der Waals surface area (Å²) in [6, 6.07) is 157. The van der Waals surface area contributed by atoms with E-state index in [1.807, 2.05) is 41.0 Å². The van der Waals surface area contributed by atoms with E-state index in [1.165, 1.54) is 0 Å². The fourth-order valence-corrected chi connectivity index (χ4v) is 21.8. The number of para-hydroxylation sites is 3. The first kappa shape index (κ1) is 76.9. The minimum atomic E-state index is -0.649. The number of nitrogens with zero attached hydrogens (tertiary/aromatic N) is 3. The second-order valence-electron chi connectivity index (χ2n) is 39.4. The maximum atomic E-state index is 10.7. The molecule has 0 radical (unpaired) electrons. The second kappa shape index (κ2) is 33.3. The highest BCUT2D eigenvalue weighted by Crippen LogP contribution is 2.57. The quantitative estimate of drug-likeness (QED) is 0.0959. The van der Waals surface area contributed by atoms with E-state index in [9.17, 15) is 8.22 Å². The Morgan fingerprint density at radius 1 is 0.236 bits per heavy atom. The minimum absolute atomic E-state index is 0.101. The number of fused-ring (bicyclic) bond motifs is 14. The molecule has 0 fully saturated rings. The fourth-order valence-electron chi connectivity index (χ4n) is 21.8. The van der Waals surface area contributed by atoms with Gasteiger partial charge in [-0.1, -0.05) is 375 Å². The molecule has 140 heavy (non-hydrogen) atoms. The summed E-state index contributed by atoms with van der Waals surface area (Å²) in [5.74, 6) is 0. The van der Waals surface area contributed by atoms with Crippen molar-refractivity contribution < 1.29 is 17.1 Å². The minimum Gasteiger partial charge on any atom is -0.456 e. The van der Waals surface area contributed by atoms with Gasteiger partial charge in [-0.2, -0.15) is 0 Å². The molecule has 0 spiro atoms. The molecule has 5 nitrogen and oxygen atoms in total. The average Bonchev–Trinajstić information content (AvgIpc) is 1.33. The van der Waals surface area contributed by atoms with Crippen molar-refractivity contribution in [3.63, 3.8) is 0 Å². The molecule has 2 aliphatic rings. The summed E-state index contributed by atoms with van der Waals surface area (Å²) in [7, 11) is 0. The Morgan fingerprint density at radius 3 is 1.10 bits per heavy atom. The van der Waals surface area contributed by atoms with Gasteiger partial charge >= 0.3 is 0 Å². The number of hydrogen-bond donors (Lipinski definition) is 0. The van der Waals surface area contributed by atoms with E-state index in [2.05, 4.69) is 452 Å². The summed E-state index contributed by atoms with van der Waals surface area (Å²) in [6.45, 7) is 13.2. The molecule has 5 heterocycles. The highest BCUT2D eigenvalue weighted by atomic mass is 16.3. The Balaban J connectivity index is 0.853. The van der Waals surface area contributed by atoms with Crippen molar-refractivity contribution in [1.82, 2.24) is 4.57 Å². The number of anilines is 6. The molecule has 26 rings (SSSR count). The van der Waals surface area contributed by atoms with Crippen LogP contribution < -0.4 is 26.2 Å². The third kappa shape index (κ3) is 14.3. The number of aromatic nitrogens is 1. The van der Waals surface area contributed by atoms with E-state index in [0.29, 0.717) is 27.4 Å². The number of hydrogen-bond acceptors (Lipinski definition) is 4. The van der Waals surface area contributed by atoms with E-state index in [-0.39, 0.29) is 46.2 Å². The van der Waals surface area contributed by atoms with Crippen molar-refractivity contribution in [2.45, 2.75) is 52.4 Å². The van der Waals surface area contributed by atoms with Crippen LogP contribution in [-0.4, -0.2) is 11.3 Å². The second-order valence-corrected chi connectivity index (χ2v) is 39.4. The first-order valence-electron chi connectivity index (χ1n) is 51.3. The lowest BCUT2D eigenvalue weighted by atomic mass is 9.33. The van der Waals surface area contributed by atoms with Crippen molar-refractivity contribution in [2.24, 2.45) is 0 Å². The van der Waals surface area contributed by atoms with Crippen molar-refractivity contribution >= 4 is 123 Å². The Bertz CT molecular complexity index is 9210. The SMILES string of the molecule is [2H]c1c([2H])c([2H])c2c(c1[2H])c1c3oc4ccccc4c3c([2H])c([2H])c1n2-c1ccc2c(c1)N(c1c(-c3ccccc3)cc(C(C)(C)C)cc1-c1ccccc1)c1cc(-c3ccc4oc5ccccc5c4c3)cc3c1B2c1cc(-c2cc(-c4cccc(-c5ccccc5)c4)cc(-c4cccc(-c5ccccc5)c4)c2)ccc1N3c1c(-c2cccc(-c3ccccc3)c2)cc(C(C)(C)C)cc1-c1cccc(-c2ccccc2)c1. The molecule has 0 amide bonds. The molecule has 0 saturated heterocycles. The standard InChI is InChI=1S/C134H96BN3O2/c1-133(2,3)105-80-112(89-43-21-11-22-44-89)130(113(81-105)90-45-23-12-24-46-90)138-122-84-107(136-119-58-28-25-57-111(119)128-121(136)67-64-110-108-55-26-30-60-126(108)140-132(110)128)63-65-117(122)135-118-77-98(103-74-101(95-51-31-47-91(69-95)85-35-13-7-14-36-85)73-102(75-103)96-52-32-48-92(70-96)86-37-15-8-16-38-86)61-66-120(118)137(123-78-104(79-124(138)129(123)135)97-62-68-127-116(76-97)109-56-27-29-59-125(109)139-127)131-114(99-53-33-49-93(71-99)87-39-17-9-18-40-87)82-106(134(4,5)6)83-115(131)100-54-34-50-94(72-100)88-41-19-10-20-42-88/h7-84H,1-6H3/i25D,28D,57D,58D,64D,67D. The molecular weight excluding hydrogens is 1690 g/mol. The van der Waals surface area contributed by atoms with Gasteiger partial charge in [-0.25, -0.2) is 0 Å². The van der Waals surface area contributed by atoms with Crippen LogP contribution >= 0.6 is 0 Å². The molecule has 662 valence electrons. The predicted molar refractivity (Wildman–Crippen MR) is 592 cm³/mol. The highest BCUT2D eigenvalue weighted by molar-refractivity contribution is 7.00. The van der Waals surface area contributed by atoms with E-state index in [4.69, 9.17) is 8.83 Å². The molecule has 0 unspecified atom stereocenters. The van der Waals surface area contributed by atoms with Crippen LogP contribution in [0.2, 0.25) is 0 Å². The summed E-state index contributed by atoms with van der Waals surface area (Å²) in [4.78, 5) is 5.18. The lowest BCUT2D eigenvalue weighted by Gasteiger charge is -2.46. The van der Waals surface area contributed by atoms with Crippen LogP contribution in [-0.2, 0) is 10.8 Å². The third-order valence-electron chi connectivity index (χ3n) is 28.8. The molecule has 0 aliphatic carbocycles. The van der Waals surface area contributed by atoms with Gasteiger partial charge in [0.15, 0.2) is 0 Å². The smallest absolute Gasteiger partial charge is 0.252 e. The van der Waals surface area contributed by atoms with Crippen LogP contribution in [0, 0.1) is 0 Å². The van der Waals surface area contributed by atoms with Crippen LogP contribution in [0.15, 0.2) is 482 Å². The van der Waals surface area contributed by atoms with Crippen molar-refractivity contribution in [1.29, 1.82) is 0 Å². The lowest BCUT2D eigenvalue weighted by Crippen LogP contribution is -2.61. The topological polar surface area (TPSA) is 37.7 Å². The Morgan fingerprint density at radius 2 is 0.607 bits per heavy atom. The zero-order valence-electron chi connectivity index (χ0n) is 84.3. The van der Waals surface area contributed by atoms with E-state index < -0.39 is 29.6 Å². The molecular formula is C134H96BN3O2.